The van der Waals surface area contributed by atoms with Crippen molar-refractivity contribution in [2.24, 2.45) is 0 Å². The van der Waals surface area contributed by atoms with Gasteiger partial charge in [-0.25, -0.2) is 0 Å². The first-order valence-electron chi connectivity index (χ1n) is 9.13. The van der Waals surface area contributed by atoms with Crippen LogP contribution in [0.5, 0.6) is 0 Å². The van der Waals surface area contributed by atoms with Crippen molar-refractivity contribution in [3.05, 3.63) is 34.0 Å². The van der Waals surface area contributed by atoms with E-state index in [4.69, 9.17) is 4.52 Å². The molecule has 2 aromatic heterocycles. The standard InChI is InChI=1S/C18H25N5O2/c1-11-15(12(2)25-22-11)10-23-8-7-13(9-23)19-18(24)17-14-5-3-4-6-16(14)20-21-17/h13H,3-10H2,1-2H3,(H,19,24)(H,20,21)/t13-/m1/s1. The van der Waals surface area contributed by atoms with Crippen molar-refractivity contribution >= 4 is 5.91 Å². The number of nitrogens with zero attached hydrogens (tertiary/aromatic N) is 3. The fourth-order valence-corrected chi connectivity index (χ4v) is 3.97. The summed E-state index contributed by atoms with van der Waals surface area (Å²) >= 11 is 0. The number of carbonyl (C=O) groups excluding carboxylic acids is 1. The number of aromatic nitrogens is 3. The summed E-state index contributed by atoms with van der Waals surface area (Å²) in [4.78, 5) is 15.0. The zero-order chi connectivity index (χ0) is 17.4. The van der Waals surface area contributed by atoms with Gasteiger partial charge in [0.25, 0.3) is 5.91 Å². The van der Waals surface area contributed by atoms with Gasteiger partial charge in [-0.3, -0.25) is 14.8 Å². The Morgan fingerprint density at radius 1 is 1.36 bits per heavy atom. The number of likely N-dealkylation sites (tertiary alicyclic amines) is 1. The Hall–Kier alpha value is -2.15. The van der Waals surface area contributed by atoms with Crippen LogP contribution in [-0.2, 0) is 19.4 Å². The molecule has 134 valence electrons. The van der Waals surface area contributed by atoms with Crippen molar-refractivity contribution in [2.75, 3.05) is 13.1 Å². The van der Waals surface area contributed by atoms with E-state index < -0.39 is 0 Å². The second-order valence-corrected chi connectivity index (χ2v) is 7.23. The number of hydrogen-bond acceptors (Lipinski definition) is 5. The molecule has 1 aliphatic heterocycles. The van der Waals surface area contributed by atoms with Gasteiger partial charge < -0.3 is 9.84 Å². The predicted molar refractivity (Wildman–Crippen MR) is 92.4 cm³/mol. The highest BCUT2D eigenvalue weighted by Gasteiger charge is 2.28. The summed E-state index contributed by atoms with van der Waals surface area (Å²) in [6.45, 7) is 6.56. The highest BCUT2D eigenvalue weighted by Crippen LogP contribution is 2.23. The lowest BCUT2D eigenvalue weighted by Crippen LogP contribution is -2.37. The first-order chi connectivity index (χ1) is 12.1. The Balaban J connectivity index is 1.36. The number of H-pyrrole nitrogens is 1. The fraction of sp³-hybridized carbons (Fsp3) is 0.611. The molecule has 1 saturated heterocycles. The molecule has 1 amide bonds. The van der Waals surface area contributed by atoms with E-state index in [1.165, 1.54) is 6.42 Å². The van der Waals surface area contributed by atoms with Crippen LogP contribution in [0.25, 0.3) is 0 Å². The van der Waals surface area contributed by atoms with Crippen LogP contribution in [0, 0.1) is 13.8 Å². The van der Waals surface area contributed by atoms with Gasteiger partial charge in [0.2, 0.25) is 0 Å². The van der Waals surface area contributed by atoms with E-state index in [1.54, 1.807) is 0 Å². The molecule has 7 heteroatoms. The van der Waals surface area contributed by atoms with Crippen LogP contribution in [0.4, 0.5) is 0 Å². The van der Waals surface area contributed by atoms with E-state index in [1.807, 2.05) is 13.8 Å². The van der Waals surface area contributed by atoms with Crippen molar-refractivity contribution < 1.29 is 9.32 Å². The van der Waals surface area contributed by atoms with Gasteiger partial charge in [-0.2, -0.15) is 5.10 Å². The minimum atomic E-state index is -0.0383. The lowest BCUT2D eigenvalue weighted by atomic mass is 9.95. The third-order valence-electron chi connectivity index (χ3n) is 5.44. The van der Waals surface area contributed by atoms with Crippen LogP contribution in [0.1, 0.15) is 58.0 Å². The van der Waals surface area contributed by atoms with Crippen molar-refractivity contribution in [2.45, 2.75) is 58.5 Å². The fourth-order valence-electron chi connectivity index (χ4n) is 3.97. The van der Waals surface area contributed by atoms with Gasteiger partial charge in [-0.1, -0.05) is 5.16 Å². The first-order valence-corrected chi connectivity index (χ1v) is 9.13. The van der Waals surface area contributed by atoms with Gasteiger partial charge in [0, 0.05) is 42.5 Å². The summed E-state index contributed by atoms with van der Waals surface area (Å²) in [7, 11) is 0. The maximum absolute atomic E-state index is 12.6. The Kier molecular flexibility index (Phi) is 4.33. The van der Waals surface area contributed by atoms with Crippen molar-refractivity contribution in [3.63, 3.8) is 0 Å². The van der Waals surface area contributed by atoms with Gasteiger partial charge in [0.05, 0.1) is 5.69 Å². The highest BCUT2D eigenvalue weighted by molar-refractivity contribution is 5.94. The van der Waals surface area contributed by atoms with Crippen molar-refractivity contribution in [1.29, 1.82) is 0 Å². The third-order valence-corrected chi connectivity index (χ3v) is 5.44. The Bertz CT molecular complexity index is 759. The number of amides is 1. The second-order valence-electron chi connectivity index (χ2n) is 7.23. The molecule has 2 aromatic rings. The molecule has 0 saturated carbocycles. The lowest BCUT2D eigenvalue weighted by Gasteiger charge is -2.17. The van der Waals surface area contributed by atoms with Gasteiger partial charge in [0.15, 0.2) is 5.69 Å². The molecule has 0 bridgehead atoms. The first kappa shape index (κ1) is 16.3. The Labute approximate surface area is 147 Å². The molecule has 2 aliphatic rings. The number of nitrogens with one attached hydrogen (secondary N) is 2. The normalized spacial score (nSPS) is 20.6. The molecule has 0 spiro atoms. The lowest BCUT2D eigenvalue weighted by molar-refractivity contribution is 0.0931. The third kappa shape index (κ3) is 3.20. The topological polar surface area (TPSA) is 87.1 Å². The van der Waals surface area contributed by atoms with Crippen molar-refractivity contribution in [3.8, 4) is 0 Å². The molecular weight excluding hydrogens is 318 g/mol. The van der Waals surface area contributed by atoms with Gasteiger partial charge >= 0.3 is 0 Å². The Morgan fingerprint density at radius 2 is 2.20 bits per heavy atom. The van der Waals surface area contributed by atoms with E-state index in [0.717, 1.165) is 73.6 Å². The minimum absolute atomic E-state index is 0.0383. The summed E-state index contributed by atoms with van der Waals surface area (Å²) < 4.78 is 5.24. The summed E-state index contributed by atoms with van der Waals surface area (Å²) in [5.41, 5.74) is 4.97. The molecule has 1 atom stereocenters. The summed E-state index contributed by atoms with van der Waals surface area (Å²) in [6, 6.07) is 0.170. The van der Waals surface area contributed by atoms with Crippen molar-refractivity contribution in [1.82, 2.24) is 25.6 Å². The van der Waals surface area contributed by atoms with Crippen LogP contribution in [0.2, 0.25) is 0 Å². The SMILES string of the molecule is Cc1noc(C)c1CN1CC[C@@H](NC(=O)c2n[nH]c3c2CCCC3)C1. The van der Waals surface area contributed by atoms with Crippen LogP contribution in [0.15, 0.2) is 4.52 Å². The average molecular weight is 343 g/mol. The molecule has 0 unspecified atom stereocenters. The van der Waals surface area contributed by atoms with Gasteiger partial charge in [-0.05, 0) is 46.0 Å². The number of aryl methyl sites for hydroxylation is 3. The van der Waals surface area contributed by atoms with Crippen LogP contribution < -0.4 is 5.32 Å². The number of rotatable bonds is 4. The Morgan fingerprint density at radius 3 is 3.00 bits per heavy atom. The summed E-state index contributed by atoms with van der Waals surface area (Å²) in [6.07, 6.45) is 5.24. The maximum Gasteiger partial charge on any atom is 0.272 e. The van der Waals surface area contributed by atoms with Gasteiger partial charge in [0.1, 0.15) is 5.76 Å². The molecule has 1 fully saturated rings. The number of aromatic amines is 1. The van der Waals surface area contributed by atoms with Crippen LogP contribution in [0.3, 0.4) is 0 Å². The number of hydrogen-bond donors (Lipinski definition) is 2. The molecule has 2 N–H and O–H groups in total. The molecule has 7 nitrogen and oxygen atoms in total. The van der Waals surface area contributed by atoms with E-state index in [9.17, 15) is 4.79 Å². The van der Waals surface area contributed by atoms with E-state index >= 15 is 0 Å². The largest absolute Gasteiger partial charge is 0.361 e. The zero-order valence-electron chi connectivity index (χ0n) is 14.9. The quantitative estimate of drug-likeness (QED) is 0.885. The van der Waals surface area contributed by atoms with Gasteiger partial charge in [-0.15, -0.1) is 0 Å². The van der Waals surface area contributed by atoms with Crippen LogP contribution in [-0.4, -0.2) is 45.3 Å². The molecule has 3 heterocycles. The molecule has 0 aromatic carbocycles. The number of fused-ring (bicyclic) bond motifs is 1. The second kappa shape index (κ2) is 6.63. The number of carbonyl (C=O) groups is 1. The molecule has 25 heavy (non-hydrogen) atoms. The van der Waals surface area contributed by atoms with E-state index in [0.29, 0.717) is 5.69 Å². The molecule has 4 rings (SSSR count). The molecule has 0 radical (unpaired) electrons. The maximum atomic E-state index is 12.6. The summed E-state index contributed by atoms with van der Waals surface area (Å²) in [5, 5.41) is 14.5. The monoisotopic (exact) mass is 343 g/mol. The smallest absolute Gasteiger partial charge is 0.272 e. The van der Waals surface area contributed by atoms with E-state index in [2.05, 4.69) is 25.6 Å². The minimum Gasteiger partial charge on any atom is -0.361 e. The van der Waals surface area contributed by atoms with Crippen LogP contribution >= 0.6 is 0 Å². The summed E-state index contributed by atoms with van der Waals surface area (Å²) in [5.74, 6) is 0.844. The zero-order valence-corrected chi connectivity index (χ0v) is 14.9. The predicted octanol–water partition coefficient (Wildman–Crippen LogP) is 1.90. The average Bonchev–Trinajstić information content (AvgIpc) is 3.30. The highest BCUT2D eigenvalue weighted by atomic mass is 16.5. The molecule has 1 aliphatic carbocycles. The van der Waals surface area contributed by atoms with E-state index in [-0.39, 0.29) is 11.9 Å². The molecular formula is C18H25N5O2.